The summed E-state index contributed by atoms with van der Waals surface area (Å²) in [5.74, 6) is 1.35. The maximum atomic E-state index is 11.5. The molecule has 0 saturated heterocycles. The number of thiazole rings is 1. The fourth-order valence-electron chi connectivity index (χ4n) is 1.96. The molecule has 23 heavy (non-hydrogen) atoms. The van der Waals surface area contributed by atoms with Gasteiger partial charge >= 0.3 is 0 Å². The molecule has 2 aromatic heterocycles. The lowest BCUT2D eigenvalue weighted by molar-refractivity contribution is 0.0967. The number of hydrogen-bond acceptors (Lipinski definition) is 4. The molecule has 116 valence electrons. The summed E-state index contributed by atoms with van der Waals surface area (Å²) in [5.41, 5.74) is 0.963. The van der Waals surface area contributed by atoms with Crippen LogP contribution in [0.3, 0.4) is 0 Å². The third-order valence-electron chi connectivity index (χ3n) is 3.12. The largest absolute Gasteiger partial charge is 0.457 e. The number of amides is 1. The Bertz CT molecular complexity index is 850. The lowest BCUT2D eigenvalue weighted by Crippen LogP contribution is -2.16. The van der Waals surface area contributed by atoms with E-state index in [0.29, 0.717) is 15.7 Å². The first-order chi connectivity index (χ1) is 11.2. The quantitative estimate of drug-likeness (QED) is 0.753. The van der Waals surface area contributed by atoms with Crippen LogP contribution < -0.4 is 5.32 Å². The van der Waals surface area contributed by atoms with Gasteiger partial charge in [-0.05, 0) is 48.6 Å². The van der Waals surface area contributed by atoms with Crippen LogP contribution in [0.15, 0.2) is 47.0 Å². The third-order valence-corrected chi connectivity index (χ3v) is 4.33. The van der Waals surface area contributed by atoms with E-state index in [9.17, 15) is 4.79 Å². The molecule has 0 atom stereocenters. The zero-order chi connectivity index (χ0) is 16.2. The maximum Gasteiger partial charge on any atom is 0.262 e. The molecule has 0 spiro atoms. The number of nitrogens with zero attached hydrogens (tertiary/aromatic N) is 1. The summed E-state index contributed by atoms with van der Waals surface area (Å²) in [6.45, 7) is 0. The minimum Gasteiger partial charge on any atom is -0.457 e. The van der Waals surface area contributed by atoms with Gasteiger partial charge in [0.25, 0.3) is 5.91 Å². The first-order valence-corrected chi connectivity index (χ1v) is 8.07. The standard InChI is InChI=1S/C17H13ClN2O2S/c1-19-17(21)15-10-20-16(23-15)9-7-13-6-8-14(22-13)11-2-4-12(18)5-3-11/h2-10H,1H3,(H,19,21)/b9-7+. The van der Waals surface area contributed by atoms with E-state index in [1.54, 1.807) is 13.2 Å². The van der Waals surface area contributed by atoms with Gasteiger partial charge in [-0.3, -0.25) is 4.79 Å². The summed E-state index contributed by atoms with van der Waals surface area (Å²) in [5, 5.41) is 4.01. The molecule has 3 rings (SSSR count). The van der Waals surface area contributed by atoms with Gasteiger partial charge < -0.3 is 9.73 Å². The summed E-state index contributed by atoms with van der Waals surface area (Å²) in [6, 6.07) is 11.3. The third kappa shape index (κ3) is 3.70. The van der Waals surface area contributed by atoms with Gasteiger partial charge in [0.15, 0.2) is 0 Å². The lowest BCUT2D eigenvalue weighted by atomic mass is 10.2. The van der Waals surface area contributed by atoms with E-state index >= 15 is 0 Å². The molecule has 0 saturated carbocycles. The Morgan fingerprint density at radius 1 is 1.22 bits per heavy atom. The highest BCUT2D eigenvalue weighted by atomic mass is 35.5. The first-order valence-electron chi connectivity index (χ1n) is 6.87. The highest BCUT2D eigenvalue weighted by molar-refractivity contribution is 7.14. The predicted molar refractivity (Wildman–Crippen MR) is 93.6 cm³/mol. The van der Waals surface area contributed by atoms with Gasteiger partial charge in [0, 0.05) is 17.6 Å². The molecular weight excluding hydrogens is 332 g/mol. The Balaban J connectivity index is 1.74. The molecule has 1 N–H and O–H groups in total. The van der Waals surface area contributed by atoms with Gasteiger partial charge in [0.2, 0.25) is 0 Å². The molecule has 3 aromatic rings. The minimum atomic E-state index is -0.134. The normalized spacial score (nSPS) is 11.0. The van der Waals surface area contributed by atoms with Crippen LogP contribution in [0.1, 0.15) is 20.4 Å². The molecule has 0 fully saturated rings. The average Bonchev–Trinajstić information content (AvgIpc) is 3.22. The van der Waals surface area contributed by atoms with Crippen molar-refractivity contribution < 1.29 is 9.21 Å². The Hall–Kier alpha value is -2.37. The summed E-state index contributed by atoms with van der Waals surface area (Å²) in [4.78, 5) is 16.3. The number of hydrogen-bond donors (Lipinski definition) is 1. The van der Waals surface area contributed by atoms with Gasteiger partial charge in [-0.2, -0.15) is 0 Å². The van der Waals surface area contributed by atoms with Crippen molar-refractivity contribution in [3.05, 3.63) is 63.3 Å². The summed E-state index contributed by atoms with van der Waals surface area (Å²) >= 11 is 7.20. The van der Waals surface area contributed by atoms with Crippen LogP contribution >= 0.6 is 22.9 Å². The van der Waals surface area contributed by atoms with Crippen LogP contribution in [0, 0.1) is 0 Å². The van der Waals surface area contributed by atoms with E-state index in [-0.39, 0.29) is 5.91 Å². The first kappa shape index (κ1) is 15.5. The zero-order valence-electron chi connectivity index (χ0n) is 12.2. The van der Waals surface area contributed by atoms with Crippen molar-refractivity contribution >= 4 is 41.0 Å². The van der Waals surface area contributed by atoms with Gasteiger partial charge in [0.05, 0.1) is 6.20 Å². The van der Waals surface area contributed by atoms with Crippen LogP contribution in [0.2, 0.25) is 5.02 Å². The molecule has 2 heterocycles. The molecule has 0 unspecified atom stereocenters. The van der Waals surface area contributed by atoms with E-state index in [1.165, 1.54) is 11.3 Å². The van der Waals surface area contributed by atoms with Crippen molar-refractivity contribution in [1.29, 1.82) is 0 Å². The molecule has 0 aliphatic rings. The van der Waals surface area contributed by atoms with Crippen molar-refractivity contribution in [3.63, 3.8) is 0 Å². The minimum absolute atomic E-state index is 0.134. The second-order valence-corrected chi connectivity index (χ2v) is 6.18. The summed E-state index contributed by atoms with van der Waals surface area (Å²) in [7, 11) is 1.60. The Morgan fingerprint density at radius 3 is 2.74 bits per heavy atom. The number of carbonyl (C=O) groups is 1. The van der Waals surface area contributed by atoms with Crippen LogP contribution in [0.5, 0.6) is 0 Å². The molecule has 1 amide bonds. The van der Waals surface area contributed by atoms with Crippen LogP contribution in [-0.4, -0.2) is 17.9 Å². The molecule has 4 nitrogen and oxygen atoms in total. The Kier molecular flexibility index (Phi) is 4.60. The molecule has 6 heteroatoms. The number of nitrogens with one attached hydrogen (secondary N) is 1. The monoisotopic (exact) mass is 344 g/mol. The fourth-order valence-corrected chi connectivity index (χ4v) is 2.85. The highest BCUT2D eigenvalue weighted by Crippen LogP contribution is 2.25. The van der Waals surface area contributed by atoms with Crippen molar-refractivity contribution in [2.24, 2.45) is 0 Å². The number of carbonyl (C=O) groups excluding carboxylic acids is 1. The molecule has 0 aliphatic carbocycles. The molecule has 1 aromatic carbocycles. The van der Waals surface area contributed by atoms with Crippen molar-refractivity contribution in [2.45, 2.75) is 0 Å². The summed E-state index contributed by atoms with van der Waals surface area (Å²) < 4.78 is 5.77. The number of benzene rings is 1. The number of rotatable bonds is 4. The molecule has 0 aliphatic heterocycles. The number of halogens is 1. The smallest absolute Gasteiger partial charge is 0.262 e. The van der Waals surface area contributed by atoms with E-state index in [0.717, 1.165) is 16.3 Å². The second kappa shape index (κ2) is 6.81. The topological polar surface area (TPSA) is 55.1 Å². The van der Waals surface area contributed by atoms with E-state index in [1.807, 2.05) is 48.6 Å². The van der Waals surface area contributed by atoms with Crippen LogP contribution in [-0.2, 0) is 0 Å². The number of furan rings is 1. The average molecular weight is 345 g/mol. The van der Waals surface area contributed by atoms with Gasteiger partial charge in [0.1, 0.15) is 21.4 Å². The van der Waals surface area contributed by atoms with Crippen molar-refractivity contribution in [3.8, 4) is 11.3 Å². The van der Waals surface area contributed by atoms with Gasteiger partial charge in [-0.15, -0.1) is 11.3 Å². The van der Waals surface area contributed by atoms with Crippen molar-refractivity contribution in [2.75, 3.05) is 7.05 Å². The molecular formula is C17H13ClN2O2S. The highest BCUT2D eigenvalue weighted by Gasteiger charge is 2.07. The Labute approximate surface area is 142 Å². The van der Waals surface area contributed by atoms with Gasteiger partial charge in [-0.25, -0.2) is 4.98 Å². The SMILES string of the molecule is CNC(=O)c1cnc(/C=C/c2ccc(-c3ccc(Cl)cc3)o2)s1. The zero-order valence-corrected chi connectivity index (χ0v) is 13.8. The lowest BCUT2D eigenvalue weighted by Gasteiger charge is -1.96. The maximum absolute atomic E-state index is 11.5. The van der Waals surface area contributed by atoms with Crippen LogP contribution in [0.4, 0.5) is 0 Å². The fraction of sp³-hybridized carbons (Fsp3) is 0.0588. The van der Waals surface area contributed by atoms with E-state index < -0.39 is 0 Å². The summed E-state index contributed by atoms with van der Waals surface area (Å²) in [6.07, 6.45) is 5.21. The van der Waals surface area contributed by atoms with Crippen LogP contribution in [0.25, 0.3) is 23.5 Å². The molecule has 0 bridgehead atoms. The van der Waals surface area contributed by atoms with Gasteiger partial charge in [-0.1, -0.05) is 11.6 Å². The number of aromatic nitrogens is 1. The second-order valence-electron chi connectivity index (χ2n) is 4.68. The Morgan fingerprint density at radius 2 is 2.00 bits per heavy atom. The van der Waals surface area contributed by atoms with Crippen molar-refractivity contribution in [1.82, 2.24) is 10.3 Å². The molecule has 0 radical (unpaired) electrons. The predicted octanol–water partition coefficient (Wildman–Crippen LogP) is 4.59. The van der Waals surface area contributed by atoms with E-state index in [4.69, 9.17) is 16.0 Å². The van der Waals surface area contributed by atoms with E-state index in [2.05, 4.69) is 10.3 Å².